The van der Waals surface area contributed by atoms with Crippen molar-refractivity contribution in [2.45, 2.75) is 6.54 Å². The van der Waals surface area contributed by atoms with E-state index < -0.39 is 11.7 Å². The van der Waals surface area contributed by atoms with Gasteiger partial charge in [-0.15, -0.1) is 11.3 Å². The van der Waals surface area contributed by atoms with Crippen LogP contribution < -0.4 is 11.1 Å². The molecule has 1 aromatic heterocycles. The second-order valence-electron chi connectivity index (χ2n) is 4.13. The number of carbonyl (C=O) groups excluding carboxylic acids is 1. The molecule has 1 aromatic carbocycles. The molecular formula is C15H14N2O3S. The van der Waals surface area contributed by atoms with E-state index in [9.17, 15) is 15.0 Å². The van der Waals surface area contributed by atoms with Gasteiger partial charge in [0.15, 0.2) is 11.5 Å². The van der Waals surface area contributed by atoms with Crippen molar-refractivity contribution < 1.29 is 15.0 Å². The lowest BCUT2D eigenvalue weighted by molar-refractivity contribution is 0.0948. The van der Waals surface area contributed by atoms with E-state index in [1.807, 2.05) is 12.1 Å². The van der Waals surface area contributed by atoms with Gasteiger partial charge in [0.2, 0.25) is 0 Å². The van der Waals surface area contributed by atoms with Crippen molar-refractivity contribution in [1.29, 1.82) is 0 Å². The molecule has 108 valence electrons. The summed E-state index contributed by atoms with van der Waals surface area (Å²) >= 11 is 1.46. The molecule has 2 rings (SSSR count). The number of amides is 1. The van der Waals surface area contributed by atoms with Crippen LogP contribution in [-0.4, -0.2) is 22.7 Å². The number of carbonyl (C=O) groups is 1. The Morgan fingerprint density at radius 1 is 1.29 bits per heavy atom. The van der Waals surface area contributed by atoms with Gasteiger partial charge >= 0.3 is 0 Å². The van der Waals surface area contributed by atoms with Gasteiger partial charge in [0, 0.05) is 4.88 Å². The highest BCUT2D eigenvalue weighted by Gasteiger charge is 2.13. The lowest BCUT2D eigenvalue weighted by Gasteiger charge is -2.06. The zero-order chi connectivity index (χ0) is 15.2. The van der Waals surface area contributed by atoms with E-state index in [4.69, 9.17) is 5.73 Å². The van der Waals surface area contributed by atoms with Crippen LogP contribution in [0, 0.1) is 11.8 Å². The number of nitrogens with two attached hydrogens (primary N) is 1. The number of para-hydroxylation sites is 1. The second-order valence-corrected chi connectivity index (χ2v) is 5.30. The van der Waals surface area contributed by atoms with Gasteiger partial charge in [-0.2, -0.15) is 0 Å². The third kappa shape index (κ3) is 3.75. The molecule has 0 bridgehead atoms. The first-order valence-electron chi connectivity index (χ1n) is 6.18. The number of benzene rings is 1. The van der Waals surface area contributed by atoms with Gasteiger partial charge in [-0.25, -0.2) is 0 Å². The zero-order valence-electron chi connectivity index (χ0n) is 11.1. The average Bonchev–Trinajstić information content (AvgIpc) is 2.93. The SMILES string of the molecule is NCC#Cc1ccc(CNC(=O)c2cccc(O)c2O)s1. The van der Waals surface area contributed by atoms with Crippen LogP contribution in [0.1, 0.15) is 20.1 Å². The molecule has 0 spiro atoms. The minimum Gasteiger partial charge on any atom is -0.504 e. The summed E-state index contributed by atoms with van der Waals surface area (Å²) in [6.07, 6.45) is 0. The highest BCUT2D eigenvalue weighted by Crippen LogP contribution is 2.28. The number of phenolic OH excluding ortho intramolecular Hbond substituents is 2. The highest BCUT2D eigenvalue weighted by molar-refractivity contribution is 7.12. The fraction of sp³-hybridized carbons (Fsp3) is 0.133. The van der Waals surface area contributed by atoms with Crippen molar-refractivity contribution in [3.63, 3.8) is 0 Å². The second kappa shape index (κ2) is 6.79. The number of hydrogen-bond donors (Lipinski definition) is 4. The molecule has 0 aliphatic heterocycles. The van der Waals surface area contributed by atoms with E-state index in [2.05, 4.69) is 17.2 Å². The van der Waals surface area contributed by atoms with E-state index in [1.165, 1.54) is 29.5 Å². The molecule has 0 fully saturated rings. The Bertz CT molecular complexity index is 713. The summed E-state index contributed by atoms with van der Waals surface area (Å²) in [6, 6.07) is 7.98. The van der Waals surface area contributed by atoms with E-state index in [1.54, 1.807) is 0 Å². The van der Waals surface area contributed by atoms with Crippen LogP contribution in [0.4, 0.5) is 0 Å². The third-order valence-electron chi connectivity index (χ3n) is 2.66. The van der Waals surface area contributed by atoms with Crippen molar-refractivity contribution in [3.8, 4) is 23.3 Å². The molecule has 0 unspecified atom stereocenters. The lowest BCUT2D eigenvalue weighted by Crippen LogP contribution is -2.22. The van der Waals surface area contributed by atoms with Gasteiger partial charge in [0.05, 0.1) is 23.5 Å². The molecule has 0 saturated carbocycles. The Balaban J connectivity index is 2.01. The Kier molecular flexibility index (Phi) is 4.82. The minimum absolute atomic E-state index is 0.0368. The topological polar surface area (TPSA) is 95.6 Å². The van der Waals surface area contributed by atoms with Crippen molar-refractivity contribution in [2.24, 2.45) is 5.73 Å². The van der Waals surface area contributed by atoms with E-state index in [0.717, 1.165) is 9.75 Å². The molecule has 0 aliphatic carbocycles. The largest absolute Gasteiger partial charge is 0.504 e. The van der Waals surface area contributed by atoms with Crippen molar-refractivity contribution in [2.75, 3.05) is 6.54 Å². The smallest absolute Gasteiger partial charge is 0.255 e. The highest BCUT2D eigenvalue weighted by atomic mass is 32.1. The Morgan fingerprint density at radius 2 is 2.10 bits per heavy atom. The molecule has 2 aromatic rings. The number of nitrogens with one attached hydrogen (secondary N) is 1. The monoisotopic (exact) mass is 302 g/mol. The standard InChI is InChI=1S/C15H14N2O3S/c16-8-2-3-10-6-7-11(21-10)9-17-15(20)12-4-1-5-13(18)14(12)19/h1,4-7,18-19H,8-9,16H2,(H,17,20). The summed E-state index contributed by atoms with van der Waals surface area (Å²) in [5.74, 6) is 4.49. The number of hydrogen-bond acceptors (Lipinski definition) is 5. The van der Waals surface area contributed by atoms with Gasteiger partial charge in [-0.3, -0.25) is 4.79 Å². The predicted octanol–water partition coefficient (Wildman–Crippen LogP) is 1.40. The summed E-state index contributed by atoms with van der Waals surface area (Å²) in [5, 5.41) is 21.7. The number of rotatable bonds is 3. The Hall–Kier alpha value is -2.49. The van der Waals surface area contributed by atoms with Gasteiger partial charge in [-0.1, -0.05) is 17.9 Å². The molecule has 0 aliphatic rings. The molecule has 21 heavy (non-hydrogen) atoms. The van der Waals surface area contributed by atoms with Crippen LogP contribution in [0.15, 0.2) is 30.3 Å². The minimum atomic E-state index is -0.452. The van der Waals surface area contributed by atoms with Crippen molar-refractivity contribution in [1.82, 2.24) is 5.32 Å². The lowest BCUT2D eigenvalue weighted by atomic mass is 10.1. The van der Waals surface area contributed by atoms with Crippen LogP contribution in [0.2, 0.25) is 0 Å². The molecule has 1 heterocycles. The first-order valence-corrected chi connectivity index (χ1v) is 7.00. The van der Waals surface area contributed by atoms with E-state index in [0.29, 0.717) is 13.1 Å². The first kappa shape index (κ1) is 14.9. The van der Waals surface area contributed by atoms with Crippen LogP contribution >= 0.6 is 11.3 Å². The van der Waals surface area contributed by atoms with Crippen LogP contribution in [0.3, 0.4) is 0 Å². The Morgan fingerprint density at radius 3 is 2.86 bits per heavy atom. The molecule has 1 amide bonds. The third-order valence-corrected chi connectivity index (χ3v) is 3.66. The van der Waals surface area contributed by atoms with E-state index in [-0.39, 0.29) is 11.3 Å². The molecule has 5 N–H and O–H groups in total. The van der Waals surface area contributed by atoms with E-state index >= 15 is 0 Å². The fourth-order valence-corrected chi connectivity index (χ4v) is 2.48. The van der Waals surface area contributed by atoms with Gasteiger partial charge in [0.25, 0.3) is 5.91 Å². The number of aromatic hydroxyl groups is 2. The van der Waals surface area contributed by atoms with Crippen LogP contribution in [0.5, 0.6) is 11.5 Å². The van der Waals surface area contributed by atoms with Crippen molar-refractivity contribution >= 4 is 17.2 Å². The number of thiophene rings is 1. The molecular weight excluding hydrogens is 288 g/mol. The summed E-state index contributed by atoms with van der Waals surface area (Å²) in [7, 11) is 0. The summed E-state index contributed by atoms with van der Waals surface area (Å²) < 4.78 is 0. The molecule has 0 saturated heterocycles. The first-order chi connectivity index (χ1) is 10.1. The maximum Gasteiger partial charge on any atom is 0.255 e. The van der Waals surface area contributed by atoms with Crippen LogP contribution in [0.25, 0.3) is 0 Å². The van der Waals surface area contributed by atoms with Crippen LogP contribution in [-0.2, 0) is 6.54 Å². The Labute approximate surface area is 126 Å². The molecule has 0 atom stereocenters. The maximum absolute atomic E-state index is 11.9. The van der Waals surface area contributed by atoms with Gasteiger partial charge < -0.3 is 21.3 Å². The molecule has 6 heteroatoms. The normalized spacial score (nSPS) is 9.76. The fourth-order valence-electron chi connectivity index (χ4n) is 1.66. The average molecular weight is 302 g/mol. The van der Waals surface area contributed by atoms with Crippen molar-refractivity contribution in [3.05, 3.63) is 45.6 Å². The molecule has 5 nitrogen and oxygen atoms in total. The molecule has 0 radical (unpaired) electrons. The quantitative estimate of drug-likeness (QED) is 0.509. The number of phenols is 2. The summed E-state index contributed by atoms with van der Waals surface area (Å²) in [5.41, 5.74) is 5.34. The maximum atomic E-state index is 11.9. The predicted molar refractivity (Wildman–Crippen MR) is 81.2 cm³/mol. The summed E-state index contributed by atoms with van der Waals surface area (Å²) in [6.45, 7) is 0.629. The summed E-state index contributed by atoms with van der Waals surface area (Å²) in [4.78, 5) is 13.8. The zero-order valence-corrected chi connectivity index (χ0v) is 11.9. The van der Waals surface area contributed by atoms with Gasteiger partial charge in [-0.05, 0) is 24.3 Å². The van der Waals surface area contributed by atoms with Gasteiger partial charge in [0.1, 0.15) is 0 Å².